The lowest BCUT2D eigenvalue weighted by Crippen LogP contribution is -2.54. The number of ketones is 1. The summed E-state index contributed by atoms with van der Waals surface area (Å²) in [4.78, 5) is 11.4. The van der Waals surface area contributed by atoms with E-state index in [1.165, 1.54) is 6.92 Å². The van der Waals surface area contributed by atoms with E-state index in [-0.39, 0.29) is 11.2 Å². The summed E-state index contributed by atoms with van der Waals surface area (Å²) < 4.78 is 0. The van der Waals surface area contributed by atoms with Gasteiger partial charge in [-0.05, 0) is 19.3 Å². The number of hydrogen-bond donors (Lipinski definition) is 1. The van der Waals surface area contributed by atoms with Crippen LogP contribution >= 0.6 is 0 Å². The summed E-state index contributed by atoms with van der Waals surface area (Å²) in [5, 5.41) is 10.3. The van der Waals surface area contributed by atoms with Crippen molar-refractivity contribution in [3.05, 3.63) is 0 Å². The maximum Gasteiger partial charge on any atom is 0.138 e. The standard InChI is InChI=1S/C11H22O2/c1-8(12)10(5,6)11(7,13)9(2,3)4/h13H,1-7H3/t11-/m1/s1. The van der Waals surface area contributed by atoms with Crippen LogP contribution in [0.5, 0.6) is 0 Å². The second kappa shape index (κ2) is 3.09. The number of carbonyl (C=O) groups excluding carboxylic acids is 1. The van der Waals surface area contributed by atoms with Gasteiger partial charge in [-0.3, -0.25) is 4.79 Å². The van der Waals surface area contributed by atoms with E-state index in [2.05, 4.69) is 0 Å². The Balaban J connectivity index is 5.16. The van der Waals surface area contributed by atoms with Crippen LogP contribution in [0.3, 0.4) is 0 Å². The maximum absolute atomic E-state index is 11.4. The van der Waals surface area contributed by atoms with Gasteiger partial charge in [0.25, 0.3) is 0 Å². The molecule has 0 aromatic rings. The van der Waals surface area contributed by atoms with Gasteiger partial charge in [0.2, 0.25) is 0 Å². The maximum atomic E-state index is 11.4. The third kappa shape index (κ3) is 1.93. The lowest BCUT2D eigenvalue weighted by molar-refractivity contribution is -0.158. The van der Waals surface area contributed by atoms with Crippen molar-refractivity contribution in [2.24, 2.45) is 10.8 Å². The summed E-state index contributed by atoms with van der Waals surface area (Å²) in [6.07, 6.45) is 0. The first-order valence-electron chi connectivity index (χ1n) is 4.68. The number of aliphatic hydroxyl groups is 1. The average Bonchev–Trinajstić information content (AvgIpc) is 1.84. The molecule has 0 radical (unpaired) electrons. The van der Waals surface area contributed by atoms with Crippen LogP contribution in [0, 0.1) is 10.8 Å². The summed E-state index contributed by atoms with van der Waals surface area (Å²) in [7, 11) is 0. The highest BCUT2D eigenvalue weighted by Gasteiger charge is 2.50. The molecule has 0 aromatic heterocycles. The van der Waals surface area contributed by atoms with Crippen molar-refractivity contribution in [3.63, 3.8) is 0 Å². The van der Waals surface area contributed by atoms with Crippen LogP contribution in [0.4, 0.5) is 0 Å². The van der Waals surface area contributed by atoms with Crippen molar-refractivity contribution in [3.8, 4) is 0 Å². The minimum Gasteiger partial charge on any atom is -0.389 e. The second-order valence-electron chi connectivity index (χ2n) is 5.50. The van der Waals surface area contributed by atoms with Gasteiger partial charge in [0.1, 0.15) is 5.78 Å². The van der Waals surface area contributed by atoms with Gasteiger partial charge in [-0.25, -0.2) is 0 Å². The number of hydrogen-bond acceptors (Lipinski definition) is 2. The molecule has 0 saturated carbocycles. The van der Waals surface area contributed by atoms with E-state index in [9.17, 15) is 9.90 Å². The van der Waals surface area contributed by atoms with Crippen LogP contribution in [0.15, 0.2) is 0 Å². The molecule has 0 aliphatic carbocycles. The molecule has 1 atom stereocenters. The molecule has 0 unspecified atom stereocenters. The molecular formula is C11H22O2. The first-order valence-corrected chi connectivity index (χ1v) is 4.68. The molecule has 0 aliphatic heterocycles. The molecule has 0 aromatic carbocycles. The minimum absolute atomic E-state index is 0.0208. The predicted molar refractivity (Wildman–Crippen MR) is 54.5 cm³/mol. The Bertz CT molecular complexity index is 207. The largest absolute Gasteiger partial charge is 0.389 e. The lowest BCUT2D eigenvalue weighted by atomic mass is 9.61. The van der Waals surface area contributed by atoms with Crippen LogP contribution in [0.2, 0.25) is 0 Å². The first kappa shape index (κ1) is 12.6. The summed E-state index contributed by atoms with van der Waals surface area (Å²) in [5.41, 5.74) is -2.00. The monoisotopic (exact) mass is 186 g/mol. The van der Waals surface area contributed by atoms with Crippen molar-refractivity contribution < 1.29 is 9.90 Å². The molecule has 1 N–H and O–H groups in total. The molecule has 0 heterocycles. The van der Waals surface area contributed by atoms with E-state index < -0.39 is 11.0 Å². The molecule has 0 aliphatic rings. The fourth-order valence-corrected chi connectivity index (χ4v) is 1.28. The fourth-order valence-electron chi connectivity index (χ4n) is 1.28. The molecule has 0 amide bonds. The van der Waals surface area contributed by atoms with Crippen molar-refractivity contribution >= 4 is 5.78 Å². The fraction of sp³-hybridized carbons (Fsp3) is 0.909. The SMILES string of the molecule is CC(=O)C(C)(C)[C@](C)(O)C(C)(C)C. The quantitative estimate of drug-likeness (QED) is 0.719. The van der Waals surface area contributed by atoms with Crippen molar-refractivity contribution in [1.29, 1.82) is 0 Å². The van der Waals surface area contributed by atoms with Gasteiger partial charge in [0.05, 0.1) is 11.0 Å². The summed E-state index contributed by atoms with van der Waals surface area (Å²) in [5.74, 6) is 0.0208. The summed E-state index contributed by atoms with van der Waals surface area (Å²) in [6.45, 7) is 12.7. The van der Waals surface area contributed by atoms with Crippen LogP contribution in [-0.2, 0) is 4.79 Å². The highest BCUT2D eigenvalue weighted by molar-refractivity contribution is 5.83. The van der Waals surface area contributed by atoms with E-state index in [0.29, 0.717) is 0 Å². The van der Waals surface area contributed by atoms with E-state index in [0.717, 1.165) is 0 Å². The smallest absolute Gasteiger partial charge is 0.138 e. The van der Waals surface area contributed by atoms with E-state index in [1.807, 2.05) is 20.8 Å². The normalized spacial score (nSPS) is 18.2. The average molecular weight is 186 g/mol. The van der Waals surface area contributed by atoms with Gasteiger partial charge in [0.15, 0.2) is 0 Å². The van der Waals surface area contributed by atoms with Crippen molar-refractivity contribution in [1.82, 2.24) is 0 Å². The molecule has 2 nitrogen and oxygen atoms in total. The Morgan fingerprint density at radius 3 is 1.38 bits per heavy atom. The van der Waals surface area contributed by atoms with Crippen LogP contribution in [0.25, 0.3) is 0 Å². The van der Waals surface area contributed by atoms with Gasteiger partial charge >= 0.3 is 0 Å². The van der Waals surface area contributed by atoms with Gasteiger partial charge in [0, 0.05) is 0 Å². The van der Waals surface area contributed by atoms with Gasteiger partial charge < -0.3 is 5.11 Å². The Morgan fingerprint density at radius 1 is 1.00 bits per heavy atom. The topological polar surface area (TPSA) is 37.3 Å². The molecular weight excluding hydrogens is 164 g/mol. The predicted octanol–water partition coefficient (Wildman–Crippen LogP) is 2.40. The van der Waals surface area contributed by atoms with Gasteiger partial charge in [-0.2, -0.15) is 0 Å². The molecule has 0 saturated heterocycles. The Morgan fingerprint density at radius 2 is 1.31 bits per heavy atom. The van der Waals surface area contributed by atoms with Crippen molar-refractivity contribution in [2.45, 2.75) is 54.1 Å². The van der Waals surface area contributed by atoms with Crippen LogP contribution in [-0.4, -0.2) is 16.5 Å². The molecule has 2 heteroatoms. The molecule has 13 heavy (non-hydrogen) atoms. The molecule has 0 spiro atoms. The molecule has 0 rings (SSSR count). The van der Waals surface area contributed by atoms with E-state index in [4.69, 9.17) is 0 Å². The first-order chi connectivity index (χ1) is 5.44. The summed E-state index contributed by atoms with van der Waals surface area (Å²) >= 11 is 0. The second-order valence-corrected chi connectivity index (χ2v) is 5.50. The van der Waals surface area contributed by atoms with E-state index in [1.54, 1.807) is 20.8 Å². The van der Waals surface area contributed by atoms with Crippen molar-refractivity contribution in [2.75, 3.05) is 0 Å². The van der Waals surface area contributed by atoms with E-state index >= 15 is 0 Å². The minimum atomic E-state index is -0.994. The highest BCUT2D eigenvalue weighted by Crippen LogP contribution is 2.44. The third-order valence-electron chi connectivity index (χ3n) is 3.56. The molecule has 78 valence electrons. The van der Waals surface area contributed by atoms with Crippen LogP contribution in [0.1, 0.15) is 48.5 Å². The Kier molecular flexibility index (Phi) is 3.00. The lowest BCUT2D eigenvalue weighted by Gasteiger charge is -2.47. The third-order valence-corrected chi connectivity index (χ3v) is 3.56. The zero-order valence-electron chi connectivity index (χ0n) is 9.86. The Hall–Kier alpha value is -0.370. The zero-order valence-corrected chi connectivity index (χ0v) is 9.86. The van der Waals surface area contributed by atoms with Crippen LogP contribution < -0.4 is 0 Å². The summed E-state index contributed by atoms with van der Waals surface area (Å²) in [6, 6.07) is 0. The molecule has 0 fully saturated rings. The Labute approximate surface area is 81.3 Å². The highest BCUT2D eigenvalue weighted by atomic mass is 16.3. The van der Waals surface area contributed by atoms with Gasteiger partial charge in [-0.1, -0.05) is 34.6 Å². The van der Waals surface area contributed by atoms with Gasteiger partial charge in [-0.15, -0.1) is 0 Å². The molecule has 0 bridgehead atoms. The number of carbonyl (C=O) groups is 1. The number of Topliss-reactive ketones (excluding diaryl/α,β-unsaturated/α-hetero) is 1. The zero-order chi connectivity index (χ0) is 11.1. The number of rotatable bonds is 2.